The van der Waals surface area contributed by atoms with Crippen molar-refractivity contribution in [1.29, 1.82) is 0 Å². The molecule has 14 heavy (non-hydrogen) atoms. The van der Waals surface area contributed by atoms with E-state index in [2.05, 4.69) is 0 Å². The summed E-state index contributed by atoms with van der Waals surface area (Å²) in [5, 5.41) is 0. The highest BCUT2D eigenvalue weighted by atomic mass is 16.3. The molecule has 0 fully saturated rings. The highest BCUT2D eigenvalue weighted by Crippen LogP contribution is 2.11. The van der Waals surface area contributed by atoms with E-state index in [9.17, 15) is 0 Å². The monoisotopic (exact) mass is 190 g/mol. The van der Waals surface area contributed by atoms with Gasteiger partial charge in [0.15, 0.2) is 0 Å². The van der Waals surface area contributed by atoms with Gasteiger partial charge in [0.2, 0.25) is 0 Å². The van der Waals surface area contributed by atoms with Gasteiger partial charge in [-0.05, 0) is 37.6 Å². The lowest BCUT2D eigenvalue weighted by atomic mass is 10.2. The van der Waals surface area contributed by atoms with Crippen molar-refractivity contribution in [3.63, 3.8) is 0 Å². The van der Waals surface area contributed by atoms with Gasteiger partial charge < -0.3 is 8.83 Å². The standard InChI is InChI=1S/C12H14O2/c1-10-7-8-12(14-10)5-2-4-11-6-3-9-13-11/h3,6-9H,2,4-5H2,1H3. The maximum Gasteiger partial charge on any atom is 0.104 e. The van der Waals surface area contributed by atoms with E-state index in [0.29, 0.717) is 0 Å². The maximum absolute atomic E-state index is 5.47. The molecule has 0 unspecified atom stereocenters. The average molecular weight is 190 g/mol. The molecule has 2 heteroatoms. The molecular formula is C12H14O2. The van der Waals surface area contributed by atoms with Crippen molar-refractivity contribution in [2.75, 3.05) is 0 Å². The first-order chi connectivity index (χ1) is 6.84. The summed E-state index contributed by atoms with van der Waals surface area (Å²) in [5.41, 5.74) is 0. The molecule has 0 aliphatic carbocycles. The zero-order valence-electron chi connectivity index (χ0n) is 8.32. The Bertz CT molecular complexity index is 371. The van der Waals surface area contributed by atoms with Crippen LogP contribution in [0.1, 0.15) is 23.7 Å². The fourth-order valence-corrected chi connectivity index (χ4v) is 1.51. The van der Waals surface area contributed by atoms with Crippen molar-refractivity contribution in [3.05, 3.63) is 47.8 Å². The van der Waals surface area contributed by atoms with E-state index in [0.717, 1.165) is 36.5 Å². The van der Waals surface area contributed by atoms with E-state index in [4.69, 9.17) is 8.83 Å². The van der Waals surface area contributed by atoms with Crippen molar-refractivity contribution in [1.82, 2.24) is 0 Å². The molecule has 0 saturated carbocycles. The van der Waals surface area contributed by atoms with Crippen molar-refractivity contribution in [3.8, 4) is 0 Å². The van der Waals surface area contributed by atoms with Crippen molar-refractivity contribution < 1.29 is 8.83 Å². The second-order valence-electron chi connectivity index (χ2n) is 3.45. The average Bonchev–Trinajstić information content (AvgIpc) is 2.77. The SMILES string of the molecule is Cc1ccc(CCCc2ccco2)o1. The summed E-state index contributed by atoms with van der Waals surface area (Å²) in [7, 11) is 0. The summed E-state index contributed by atoms with van der Waals surface area (Å²) in [5.74, 6) is 3.10. The third-order valence-electron chi connectivity index (χ3n) is 2.22. The molecule has 0 aliphatic rings. The molecule has 2 heterocycles. The molecule has 0 bridgehead atoms. The normalized spacial score (nSPS) is 10.6. The Kier molecular flexibility index (Phi) is 2.73. The summed E-state index contributed by atoms with van der Waals surface area (Å²) < 4.78 is 10.7. The molecule has 2 rings (SSSR count). The highest BCUT2D eigenvalue weighted by molar-refractivity contribution is 5.06. The molecule has 0 saturated heterocycles. The second-order valence-corrected chi connectivity index (χ2v) is 3.45. The third kappa shape index (κ3) is 2.28. The molecule has 0 aromatic carbocycles. The second kappa shape index (κ2) is 4.18. The molecule has 0 spiro atoms. The topological polar surface area (TPSA) is 26.3 Å². The molecule has 74 valence electrons. The van der Waals surface area contributed by atoms with Crippen molar-refractivity contribution >= 4 is 0 Å². The van der Waals surface area contributed by atoms with Crippen LogP contribution in [0.3, 0.4) is 0 Å². The van der Waals surface area contributed by atoms with Crippen LogP contribution in [-0.2, 0) is 12.8 Å². The van der Waals surface area contributed by atoms with E-state index >= 15 is 0 Å². The minimum absolute atomic E-state index is 0.979. The first kappa shape index (κ1) is 9.13. The van der Waals surface area contributed by atoms with Gasteiger partial charge in [0.1, 0.15) is 17.3 Å². The van der Waals surface area contributed by atoms with Crippen LogP contribution in [-0.4, -0.2) is 0 Å². The van der Waals surface area contributed by atoms with Crippen molar-refractivity contribution in [2.24, 2.45) is 0 Å². The van der Waals surface area contributed by atoms with E-state index in [1.165, 1.54) is 0 Å². The van der Waals surface area contributed by atoms with Gasteiger partial charge in [0, 0.05) is 12.8 Å². The maximum atomic E-state index is 5.47. The first-order valence-corrected chi connectivity index (χ1v) is 4.92. The van der Waals surface area contributed by atoms with E-state index < -0.39 is 0 Å². The highest BCUT2D eigenvalue weighted by Gasteiger charge is 2.00. The molecule has 2 aromatic rings. The predicted octanol–water partition coefficient (Wildman–Crippen LogP) is 3.36. The Morgan fingerprint density at radius 2 is 1.93 bits per heavy atom. The number of hydrogen-bond donors (Lipinski definition) is 0. The van der Waals surface area contributed by atoms with Crippen LogP contribution >= 0.6 is 0 Å². The smallest absolute Gasteiger partial charge is 0.104 e. The van der Waals surface area contributed by atoms with Gasteiger partial charge in [-0.15, -0.1) is 0 Å². The Labute approximate surface area is 83.5 Å². The van der Waals surface area contributed by atoms with Crippen LogP contribution in [0.15, 0.2) is 39.4 Å². The van der Waals surface area contributed by atoms with Gasteiger partial charge in [-0.1, -0.05) is 0 Å². The quantitative estimate of drug-likeness (QED) is 0.739. The number of rotatable bonds is 4. The Hall–Kier alpha value is -1.44. The van der Waals surface area contributed by atoms with Gasteiger partial charge in [-0.3, -0.25) is 0 Å². The summed E-state index contributed by atoms with van der Waals surface area (Å²) in [6.07, 6.45) is 4.74. The first-order valence-electron chi connectivity index (χ1n) is 4.92. The molecule has 2 aromatic heterocycles. The van der Waals surface area contributed by atoms with Gasteiger partial charge in [0.05, 0.1) is 6.26 Å². The largest absolute Gasteiger partial charge is 0.469 e. The van der Waals surface area contributed by atoms with E-state index in [-0.39, 0.29) is 0 Å². The lowest BCUT2D eigenvalue weighted by Crippen LogP contribution is -1.86. The van der Waals surface area contributed by atoms with Crippen LogP contribution in [0.4, 0.5) is 0 Å². The van der Waals surface area contributed by atoms with Crippen molar-refractivity contribution in [2.45, 2.75) is 26.2 Å². The predicted molar refractivity (Wildman–Crippen MR) is 54.2 cm³/mol. The van der Waals surface area contributed by atoms with E-state index in [1.54, 1.807) is 6.26 Å². The fourth-order valence-electron chi connectivity index (χ4n) is 1.51. The zero-order valence-corrected chi connectivity index (χ0v) is 8.32. The van der Waals surface area contributed by atoms with Gasteiger partial charge in [-0.25, -0.2) is 0 Å². The molecule has 0 atom stereocenters. The summed E-state index contributed by atoms with van der Waals surface area (Å²) in [6.45, 7) is 1.97. The lowest BCUT2D eigenvalue weighted by Gasteiger charge is -1.95. The van der Waals surface area contributed by atoms with Gasteiger partial charge in [0.25, 0.3) is 0 Å². The van der Waals surface area contributed by atoms with Gasteiger partial charge >= 0.3 is 0 Å². The molecule has 0 amide bonds. The van der Waals surface area contributed by atoms with Crippen LogP contribution in [0, 0.1) is 6.92 Å². The minimum atomic E-state index is 0.979. The summed E-state index contributed by atoms with van der Waals surface area (Å²) >= 11 is 0. The number of hydrogen-bond acceptors (Lipinski definition) is 2. The van der Waals surface area contributed by atoms with Crippen LogP contribution in [0.2, 0.25) is 0 Å². The molecule has 0 radical (unpaired) electrons. The minimum Gasteiger partial charge on any atom is -0.469 e. The third-order valence-corrected chi connectivity index (χ3v) is 2.22. The molecule has 2 nitrogen and oxygen atoms in total. The van der Waals surface area contributed by atoms with E-state index in [1.807, 2.05) is 31.2 Å². The Morgan fingerprint density at radius 1 is 1.07 bits per heavy atom. The zero-order chi connectivity index (χ0) is 9.80. The molecule has 0 N–H and O–H groups in total. The number of furan rings is 2. The summed E-state index contributed by atoms with van der Waals surface area (Å²) in [6, 6.07) is 7.97. The Balaban J connectivity index is 1.78. The fraction of sp³-hybridized carbons (Fsp3) is 0.333. The van der Waals surface area contributed by atoms with Gasteiger partial charge in [-0.2, -0.15) is 0 Å². The van der Waals surface area contributed by atoms with Crippen LogP contribution in [0.25, 0.3) is 0 Å². The Morgan fingerprint density at radius 3 is 2.57 bits per heavy atom. The molecular weight excluding hydrogens is 176 g/mol. The lowest BCUT2D eigenvalue weighted by molar-refractivity contribution is 0.463. The number of aryl methyl sites for hydroxylation is 3. The molecule has 0 aliphatic heterocycles. The van der Waals surface area contributed by atoms with Crippen LogP contribution < -0.4 is 0 Å². The van der Waals surface area contributed by atoms with Crippen LogP contribution in [0.5, 0.6) is 0 Å². The summed E-state index contributed by atoms with van der Waals surface area (Å²) in [4.78, 5) is 0.